The Hall–Kier alpha value is -0.570. The first-order valence-corrected chi connectivity index (χ1v) is 8.08. The largest absolute Gasteiger partial charge is 0.481 e. The Morgan fingerprint density at radius 2 is 1.68 bits per heavy atom. The van der Waals surface area contributed by atoms with Crippen molar-refractivity contribution in [3.05, 3.63) is 0 Å². The first-order chi connectivity index (χ1) is 9.24. The predicted molar refractivity (Wildman–Crippen MR) is 77.3 cm³/mol. The number of carboxylic acids is 1. The van der Waals surface area contributed by atoms with Crippen LogP contribution in [-0.4, -0.2) is 23.8 Å². The van der Waals surface area contributed by atoms with E-state index in [1.54, 1.807) is 0 Å². The van der Waals surface area contributed by atoms with Gasteiger partial charge in [0, 0.05) is 6.61 Å². The Balaban J connectivity index is 1.85. The molecule has 1 N–H and O–H groups in total. The number of aliphatic carboxylic acids is 1. The van der Waals surface area contributed by atoms with E-state index in [0.717, 1.165) is 25.9 Å². The predicted octanol–water partition coefficient (Wildman–Crippen LogP) is 4.40. The van der Waals surface area contributed by atoms with Gasteiger partial charge in [0.15, 0.2) is 0 Å². The Kier molecular flexibility index (Phi) is 8.89. The van der Waals surface area contributed by atoms with E-state index in [0.29, 0.717) is 6.42 Å². The number of unbranched alkanes of at least 4 members (excludes halogenated alkanes) is 7. The molecular weight excluding hydrogens is 240 g/mol. The number of hydrogen-bond acceptors (Lipinski definition) is 2. The van der Waals surface area contributed by atoms with Gasteiger partial charge >= 0.3 is 5.97 Å². The first kappa shape index (κ1) is 16.5. The third-order valence-corrected chi connectivity index (χ3v) is 4.09. The van der Waals surface area contributed by atoms with Crippen LogP contribution in [0.3, 0.4) is 0 Å². The van der Waals surface area contributed by atoms with E-state index in [4.69, 9.17) is 9.84 Å². The molecule has 2 atom stereocenters. The van der Waals surface area contributed by atoms with Crippen molar-refractivity contribution in [1.29, 1.82) is 0 Å². The minimum Gasteiger partial charge on any atom is -0.481 e. The van der Waals surface area contributed by atoms with Gasteiger partial charge in [-0.25, -0.2) is 0 Å². The third kappa shape index (κ3) is 7.56. The fourth-order valence-corrected chi connectivity index (χ4v) is 2.80. The molecule has 3 heteroatoms. The summed E-state index contributed by atoms with van der Waals surface area (Å²) in [5.41, 5.74) is 0. The molecule has 0 aliphatic heterocycles. The van der Waals surface area contributed by atoms with Gasteiger partial charge in [0.25, 0.3) is 0 Å². The average Bonchev–Trinajstić information content (AvgIpc) is 2.86. The summed E-state index contributed by atoms with van der Waals surface area (Å²) in [6.07, 6.45) is 13.1. The fraction of sp³-hybridized carbons (Fsp3) is 0.938. The summed E-state index contributed by atoms with van der Waals surface area (Å²) in [5.74, 6) is -0.818. The molecule has 1 aliphatic rings. The lowest BCUT2D eigenvalue weighted by Gasteiger charge is -2.11. The number of rotatable bonds is 11. The van der Waals surface area contributed by atoms with E-state index in [1.807, 2.05) is 0 Å². The molecule has 1 fully saturated rings. The lowest BCUT2D eigenvalue weighted by molar-refractivity contribution is -0.141. The SMILES string of the molecule is CCCCCCCCCCOC1CCC(C(=O)O)C1. The van der Waals surface area contributed by atoms with Crippen molar-refractivity contribution in [2.45, 2.75) is 83.7 Å². The Bertz CT molecular complexity index is 240. The summed E-state index contributed by atoms with van der Waals surface area (Å²) in [5, 5.41) is 8.91. The minimum atomic E-state index is -0.654. The highest BCUT2D eigenvalue weighted by molar-refractivity contribution is 5.70. The Morgan fingerprint density at radius 3 is 2.26 bits per heavy atom. The van der Waals surface area contributed by atoms with Crippen LogP contribution in [-0.2, 0) is 9.53 Å². The van der Waals surface area contributed by atoms with Gasteiger partial charge in [-0.05, 0) is 25.7 Å². The van der Waals surface area contributed by atoms with E-state index in [2.05, 4.69) is 6.92 Å². The molecule has 1 aliphatic carbocycles. The van der Waals surface area contributed by atoms with Gasteiger partial charge in [0.2, 0.25) is 0 Å². The summed E-state index contributed by atoms with van der Waals surface area (Å²) < 4.78 is 5.77. The molecule has 0 heterocycles. The second-order valence-corrected chi connectivity index (χ2v) is 5.82. The van der Waals surface area contributed by atoms with Gasteiger partial charge in [0.1, 0.15) is 0 Å². The molecule has 0 aromatic heterocycles. The van der Waals surface area contributed by atoms with Crippen LogP contribution in [0, 0.1) is 5.92 Å². The van der Waals surface area contributed by atoms with Crippen LogP contribution >= 0.6 is 0 Å². The van der Waals surface area contributed by atoms with Crippen LogP contribution < -0.4 is 0 Å². The van der Waals surface area contributed by atoms with E-state index >= 15 is 0 Å². The summed E-state index contributed by atoms with van der Waals surface area (Å²) >= 11 is 0. The normalized spacial score (nSPS) is 22.8. The second kappa shape index (κ2) is 10.2. The van der Waals surface area contributed by atoms with Gasteiger partial charge in [0.05, 0.1) is 12.0 Å². The van der Waals surface area contributed by atoms with Crippen molar-refractivity contribution in [2.24, 2.45) is 5.92 Å². The third-order valence-electron chi connectivity index (χ3n) is 4.09. The monoisotopic (exact) mass is 270 g/mol. The van der Waals surface area contributed by atoms with Crippen molar-refractivity contribution in [2.75, 3.05) is 6.61 Å². The van der Waals surface area contributed by atoms with Gasteiger partial charge in [-0.15, -0.1) is 0 Å². The van der Waals surface area contributed by atoms with Gasteiger partial charge < -0.3 is 9.84 Å². The van der Waals surface area contributed by atoms with E-state index in [-0.39, 0.29) is 12.0 Å². The molecule has 19 heavy (non-hydrogen) atoms. The molecule has 0 amide bonds. The minimum absolute atomic E-state index is 0.163. The molecule has 3 nitrogen and oxygen atoms in total. The van der Waals surface area contributed by atoms with Crippen LogP contribution in [0.15, 0.2) is 0 Å². The lowest BCUT2D eigenvalue weighted by atomic mass is 10.1. The summed E-state index contributed by atoms with van der Waals surface area (Å²) in [6, 6.07) is 0. The van der Waals surface area contributed by atoms with Crippen molar-refractivity contribution in [1.82, 2.24) is 0 Å². The smallest absolute Gasteiger partial charge is 0.306 e. The van der Waals surface area contributed by atoms with Crippen molar-refractivity contribution in [3.63, 3.8) is 0 Å². The maximum absolute atomic E-state index is 10.8. The van der Waals surface area contributed by atoms with Crippen LogP contribution in [0.2, 0.25) is 0 Å². The van der Waals surface area contributed by atoms with E-state index < -0.39 is 5.97 Å². The van der Waals surface area contributed by atoms with Crippen LogP contribution in [0.4, 0.5) is 0 Å². The first-order valence-electron chi connectivity index (χ1n) is 8.08. The summed E-state index contributed by atoms with van der Waals surface area (Å²) in [7, 11) is 0. The molecule has 0 spiro atoms. The number of ether oxygens (including phenoxy) is 1. The van der Waals surface area contributed by atoms with Crippen molar-refractivity contribution < 1.29 is 14.6 Å². The van der Waals surface area contributed by atoms with Gasteiger partial charge in [-0.1, -0.05) is 51.9 Å². The molecule has 0 aromatic rings. The number of hydrogen-bond donors (Lipinski definition) is 1. The van der Waals surface area contributed by atoms with E-state index in [9.17, 15) is 4.79 Å². The van der Waals surface area contributed by atoms with Crippen molar-refractivity contribution >= 4 is 5.97 Å². The maximum Gasteiger partial charge on any atom is 0.306 e. The molecule has 0 saturated heterocycles. The Morgan fingerprint density at radius 1 is 1.05 bits per heavy atom. The van der Waals surface area contributed by atoms with Crippen LogP contribution in [0.1, 0.15) is 77.6 Å². The zero-order chi connectivity index (χ0) is 13.9. The van der Waals surface area contributed by atoms with Crippen molar-refractivity contribution in [3.8, 4) is 0 Å². The lowest BCUT2D eigenvalue weighted by Crippen LogP contribution is -2.13. The van der Waals surface area contributed by atoms with Gasteiger partial charge in [-0.2, -0.15) is 0 Å². The summed E-state index contributed by atoms with van der Waals surface area (Å²) in [4.78, 5) is 10.8. The number of carboxylic acid groups (broad SMARTS) is 1. The van der Waals surface area contributed by atoms with Gasteiger partial charge in [-0.3, -0.25) is 4.79 Å². The highest BCUT2D eigenvalue weighted by Gasteiger charge is 2.29. The second-order valence-electron chi connectivity index (χ2n) is 5.82. The standard InChI is InChI=1S/C16H30O3/c1-2-3-4-5-6-7-8-9-12-19-15-11-10-14(13-15)16(17)18/h14-15H,2-13H2,1H3,(H,17,18). The zero-order valence-electron chi connectivity index (χ0n) is 12.4. The molecular formula is C16H30O3. The topological polar surface area (TPSA) is 46.5 Å². The number of carbonyl (C=O) groups is 1. The molecule has 1 rings (SSSR count). The van der Waals surface area contributed by atoms with Crippen LogP contribution in [0.25, 0.3) is 0 Å². The summed E-state index contributed by atoms with van der Waals surface area (Å²) in [6.45, 7) is 3.06. The molecule has 112 valence electrons. The molecule has 0 radical (unpaired) electrons. The molecule has 1 saturated carbocycles. The van der Waals surface area contributed by atoms with Crippen LogP contribution in [0.5, 0.6) is 0 Å². The molecule has 2 unspecified atom stereocenters. The van der Waals surface area contributed by atoms with E-state index in [1.165, 1.54) is 44.9 Å². The highest BCUT2D eigenvalue weighted by Crippen LogP contribution is 2.28. The quantitative estimate of drug-likeness (QED) is 0.566. The average molecular weight is 270 g/mol. The highest BCUT2D eigenvalue weighted by atomic mass is 16.5. The molecule has 0 bridgehead atoms. The molecule has 0 aromatic carbocycles. The maximum atomic E-state index is 10.8. The zero-order valence-corrected chi connectivity index (χ0v) is 12.4. The Labute approximate surface area is 117 Å². The fourth-order valence-electron chi connectivity index (χ4n) is 2.80.